The van der Waals surface area contributed by atoms with Crippen LogP contribution in [-0.2, 0) is 13.1 Å². The summed E-state index contributed by atoms with van der Waals surface area (Å²) in [6, 6.07) is 5.73. The normalized spacial score (nSPS) is 15.9. The number of nitrogens with one attached hydrogen (secondary N) is 1. The molecule has 0 aromatic heterocycles. The van der Waals surface area contributed by atoms with Crippen LogP contribution in [0.2, 0.25) is 0 Å². The molecule has 104 valence electrons. The summed E-state index contributed by atoms with van der Waals surface area (Å²) in [5.41, 5.74) is 7.26. The number of hydrogen-bond donors (Lipinski definition) is 2. The molecule has 0 unspecified atom stereocenters. The Kier molecular flexibility index (Phi) is 4.37. The zero-order valence-corrected chi connectivity index (χ0v) is 11.5. The van der Waals surface area contributed by atoms with Gasteiger partial charge in [-0.15, -0.1) is 0 Å². The van der Waals surface area contributed by atoms with Crippen LogP contribution in [-0.4, -0.2) is 31.0 Å². The predicted molar refractivity (Wildman–Crippen MR) is 75.3 cm³/mol. The van der Waals surface area contributed by atoms with E-state index in [1.54, 1.807) is 0 Å². The Labute approximate surface area is 113 Å². The van der Waals surface area contributed by atoms with E-state index in [1.807, 2.05) is 31.1 Å². The minimum absolute atomic E-state index is 0.185. The van der Waals surface area contributed by atoms with Gasteiger partial charge in [-0.1, -0.05) is 12.1 Å². The highest BCUT2D eigenvalue weighted by molar-refractivity contribution is 5.78. The minimum atomic E-state index is -0.185. The third-order valence-corrected chi connectivity index (χ3v) is 2.97. The highest BCUT2D eigenvalue weighted by Crippen LogP contribution is 2.18. The van der Waals surface area contributed by atoms with E-state index in [0.717, 1.165) is 18.4 Å². The number of rotatable bonds is 5. The average molecular weight is 264 g/mol. The number of guanidine groups is 1. The summed E-state index contributed by atoms with van der Waals surface area (Å²) >= 11 is 0. The van der Waals surface area contributed by atoms with Crippen LogP contribution in [0.15, 0.2) is 23.2 Å². The Morgan fingerprint density at radius 2 is 2.21 bits per heavy atom. The van der Waals surface area contributed by atoms with Crippen LogP contribution < -0.4 is 11.1 Å². The summed E-state index contributed by atoms with van der Waals surface area (Å²) in [4.78, 5) is 6.15. The van der Waals surface area contributed by atoms with Crippen molar-refractivity contribution in [3.05, 3.63) is 35.1 Å². The zero-order valence-electron chi connectivity index (χ0n) is 11.5. The van der Waals surface area contributed by atoms with Crippen molar-refractivity contribution in [2.75, 3.05) is 14.1 Å². The van der Waals surface area contributed by atoms with Gasteiger partial charge < -0.3 is 16.0 Å². The van der Waals surface area contributed by atoms with Crippen LogP contribution in [0, 0.1) is 5.82 Å². The minimum Gasteiger partial charge on any atom is -0.370 e. The fourth-order valence-corrected chi connectivity index (χ4v) is 1.82. The molecule has 1 aromatic carbocycles. The highest BCUT2D eigenvalue weighted by atomic mass is 19.1. The molecule has 0 aliphatic heterocycles. The standard InChI is InChI=1S/C14H21FN4/c1-19(2)9-11-4-3-10(7-13(11)15)8-17-14(16)18-12-5-6-12/h3-4,7,12H,5-6,8-9H2,1-2H3,(H3,16,17,18). The molecular formula is C14H21FN4. The molecule has 0 heterocycles. The Balaban J connectivity index is 1.95. The molecule has 1 aliphatic carbocycles. The van der Waals surface area contributed by atoms with Gasteiger partial charge in [-0.05, 0) is 38.6 Å². The number of nitrogens with zero attached hydrogens (tertiary/aromatic N) is 2. The van der Waals surface area contributed by atoms with E-state index in [0.29, 0.717) is 30.7 Å². The van der Waals surface area contributed by atoms with E-state index in [4.69, 9.17) is 5.73 Å². The van der Waals surface area contributed by atoms with Gasteiger partial charge in [-0.3, -0.25) is 0 Å². The third-order valence-electron chi connectivity index (χ3n) is 2.97. The highest BCUT2D eigenvalue weighted by Gasteiger charge is 2.21. The van der Waals surface area contributed by atoms with Crippen molar-refractivity contribution < 1.29 is 4.39 Å². The fraction of sp³-hybridized carbons (Fsp3) is 0.500. The largest absolute Gasteiger partial charge is 0.370 e. The van der Waals surface area contributed by atoms with Gasteiger partial charge in [-0.2, -0.15) is 0 Å². The van der Waals surface area contributed by atoms with Crippen LogP contribution in [0.3, 0.4) is 0 Å². The van der Waals surface area contributed by atoms with E-state index < -0.39 is 0 Å². The molecule has 0 radical (unpaired) electrons. The second-order valence-corrected chi connectivity index (χ2v) is 5.28. The Hall–Kier alpha value is -1.62. The zero-order chi connectivity index (χ0) is 13.8. The van der Waals surface area contributed by atoms with Gasteiger partial charge in [-0.25, -0.2) is 9.38 Å². The molecule has 0 spiro atoms. The maximum atomic E-state index is 13.8. The lowest BCUT2D eigenvalue weighted by Crippen LogP contribution is -2.33. The molecule has 1 aliphatic rings. The summed E-state index contributed by atoms with van der Waals surface area (Å²) in [7, 11) is 3.84. The first-order valence-electron chi connectivity index (χ1n) is 6.53. The molecule has 19 heavy (non-hydrogen) atoms. The molecule has 5 heteroatoms. The third kappa shape index (κ3) is 4.52. The molecule has 0 saturated heterocycles. The Bertz CT molecular complexity index is 467. The first kappa shape index (κ1) is 13.8. The summed E-state index contributed by atoms with van der Waals surface area (Å²) in [6.45, 7) is 1.01. The first-order chi connectivity index (χ1) is 9.04. The van der Waals surface area contributed by atoms with Crippen molar-refractivity contribution >= 4 is 5.96 Å². The van der Waals surface area contributed by atoms with Crippen molar-refractivity contribution in [2.24, 2.45) is 10.7 Å². The SMILES string of the molecule is CN(C)Cc1ccc(CN=C(N)NC2CC2)cc1F. The number of hydrogen-bond acceptors (Lipinski definition) is 2. The van der Waals surface area contributed by atoms with E-state index in [9.17, 15) is 4.39 Å². The van der Waals surface area contributed by atoms with Gasteiger partial charge in [0.1, 0.15) is 5.82 Å². The lowest BCUT2D eigenvalue weighted by Gasteiger charge is -2.11. The smallest absolute Gasteiger partial charge is 0.189 e. The second kappa shape index (κ2) is 6.02. The molecule has 1 aromatic rings. The van der Waals surface area contributed by atoms with Crippen molar-refractivity contribution in [2.45, 2.75) is 32.0 Å². The fourth-order valence-electron chi connectivity index (χ4n) is 1.82. The maximum Gasteiger partial charge on any atom is 0.189 e. The molecule has 0 bridgehead atoms. The molecule has 0 amide bonds. The van der Waals surface area contributed by atoms with Gasteiger partial charge in [0.15, 0.2) is 5.96 Å². The van der Waals surface area contributed by atoms with Gasteiger partial charge in [0.25, 0.3) is 0 Å². The number of aliphatic imine (C=N–C) groups is 1. The van der Waals surface area contributed by atoms with Gasteiger partial charge in [0.05, 0.1) is 6.54 Å². The van der Waals surface area contributed by atoms with Crippen LogP contribution in [0.1, 0.15) is 24.0 Å². The van der Waals surface area contributed by atoms with Crippen LogP contribution in [0.5, 0.6) is 0 Å². The number of nitrogens with two attached hydrogens (primary N) is 1. The van der Waals surface area contributed by atoms with Crippen molar-refractivity contribution in [3.8, 4) is 0 Å². The van der Waals surface area contributed by atoms with E-state index in [1.165, 1.54) is 6.07 Å². The Morgan fingerprint density at radius 3 is 2.79 bits per heavy atom. The molecule has 4 nitrogen and oxygen atoms in total. The molecule has 3 N–H and O–H groups in total. The first-order valence-corrected chi connectivity index (χ1v) is 6.53. The van der Waals surface area contributed by atoms with E-state index in [-0.39, 0.29) is 5.82 Å². The van der Waals surface area contributed by atoms with Gasteiger partial charge in [0, 0.05) is 18.2 Å². The lowest BCUT2D eigenvalue weighted by atomic mass is 10.1. The number of benzene rings is 1. The molecule has 1 fully saturated rings. The topological polar surface area (TPSA) is 53.6 Å². The quantitative estimate of drug-likeness (QED) is 0.625. The van der Waals surface area contributed by atoms with Gasteiger partial charge in [0.2, 0.25) is 0 Å². The van der Waals surface area contributed by atoms with Crippen LogP contribution in [0.4, 0.5) is 4.39 Å². The summed E-state index contributed by atoms with van der Waals surface area (Å²) in [6.07, 6.45) is 2.31. The van der Waals surface area contributed by atoms with Crippen molar-refractivity contribution in [1.82, 2.24) is 10.2 Å². The summed E-state index contributed by atoms with van der Waals surface area (Å²) in [5, 5.41) is 3.10. The van der Waals surface area contributed by atoms with Crippen LogP contribution in [0.25, 0.3) is 0 Å². The predicted octanol–water partition coefficient (Wildman–Crippen LogP) is 1.45. The van der Waals surface area contributed by atoms with Gasteiger partial charge >= 0.3 is 0 Å². The molecule has 1 saturated carbocycles. The van der Waals surface area contributed by atoms with E-state index in [2.05, 4.69) is 10.3 Å². The molecule has 0 atom stereocenters. The Morgan fingerprint density at radius 1 is 1.47 bits per heavy atom. The summed E-state index contributed by atoms with van der Waals surface area (Å²) < 4.78 is 13.8. The molecular weight excluding hydrogens is 243 g/mol. The monoisotopic (exact) mass is 264 g/mol. The van der Waals surface area contributed by atoms with Crippen molar-refractivity contribution in [3.63, 3.8) is 0 Å². The van der Waals surface area contributed by atoms with Crippen LogP contribution >= 0.6 is 0 Å². The molecule has 2 rings (SSSR count). The summed E-state index contributed by atoms with van der Waals surface area (Å²) in [5.74, 6) is 0.260. The van der Waals surface area contributed by atoms with Crippen molar-refractivity contribution in [1.29, 1.82) is 0 Å². The maximum absolute atomic E-state index is 13.8. The lowest BCUT2D eigenvalue weighted by molar-refractivity contribution is 0.392. The second-order valence-electron chi connectivity index (χ2n) is 5.28. The van der Waals surface area contributed by atoms with E-state index >= 15 is 0 Å². The number of halogens is 1. The average Bonchev–Trinajstić information content (AvgIpc) is 3.13.